The molecule has 0 aromatic heterocycles. The predicted molar refractivity (Wildman–Crippen MR) is 139 cm³/mol. The van der Waals surface area contributed by atoms with Gasteiger partial charge >= 0.3 is 0 Å². The second-order valence-electron chi connectivity index (χ2n) is 9.09. The van der Waals surface area contributed by atoms with Crippen LogP contribution in [0.15, 0.2) is 72.8 Å². The number of carbonyl (C=O) groups is 2. The van der Waals surface area contributed by atoms with Gasteiger partial charge in [-0.05, 0) is 42.7 Å². The molecule has 1 unspecified atom stereocenters. The van der Waals surface area contributed by atoms with Crippen molar-refractivity contribution in [2.75, 3.05) is 38.6 Å². The number of rotatable bonds is 7. The quantitative estimate of drug-likeness (QED) is 0.556. The standard InChI is InChI=1S/C29H33N3O3/c1-21-9-12-23(13-10-21)20-27(33)31-15-17-32(18-16-31)28(24-7-5-4-6-8-24)29(34)30-25-19-22(2)11-14-26(25)35-3/h4-14,19,28H,15-18,20H2,1-3H3,(H,30,34). The molecule has 1 aliphatic rings. The van der Waals surface area contributed by atoms with Crippen molar-refractivity contribution in [3.8, 4) is 5.75 Å². The number of ether oxygens (including phenoxy) is 1. The van der Waals surface area contributed by atoms with Gasteiger partial charge in [-0.1, -0.05) is 66.2 Å². The van der Waals surface area contributed by atoms with E-state index in [0.29, 0.717) is 44.0 Å². The molecule has 1 saturated heterocycles. The van der Waals surface area contributed by atoms with Crippen LogP contribution in [0.5, 0.6) is 5.75 Å². The van der Waals surface area contributed by atoms with Gasteiger partial charge in [0.2, 0.25) is 11.8 Å². The molecule has 0 saturated carbocycles. The molecular weight excluding hydrogens is 438 g/mol. The van der Waals surface area contributed by atoms with E-state index in [1.807, 2.05) is 91.5 Å². The van der Waals surface area contributed by atoms with E-state index in [9.17, 15) is 9.59 Å². The van der Waals surface area contributed by atoms with E-state index < -0.39 is 6.04 Å². The molecule has 4 rings (SSSR count). The number of nitrogens with one attached hydrogen (secondary N) is 1. The number of anilines is 1. The molecule has 0 radical (unpaired) electrons. The highest BCUT2D eigenvalue weighted by Gasteiger charge is 2.32. The van der Waals surface area contributed by atoms with Crippen LogP contribution in [0.4, 0.5) is 5.69 Å². The van der Waals surface area contributed by atoms with Crippen LogP contribution in [-0.4, -0.2) is 54.9 Å². The number of piperazine rings is 1. The Balaban J connectivity index is 1.46. The first kappa shape index (κ1) is 24.5. The summed E-state index contributed by atoms with van der Waals surface area (Å²) in [7, 11) is 1.60. The fourth-order valence-electron chi connectivity index (χ4n) is 4.51. The van der Waals surface area contributed by atoms with E-state index in [0.717, 1.165) is 16.7 Å². The summed E-state index contributed by atoms with van der Waals surface area (Å²) in [6, 6.07) is 23.2. The third-order valence-corrected chi connectivity index (χ3v) is 6.48. The van der Waals surface area contributed by atoms with Gasteiger partial charge in [0.1, 0.15) is 11.8 Å². The Bertz CT molecular complexity index is 1150. The molecule has 3 aromatic rings. The molecule has 0 spiro atoms. The molecule has 35 heavy (non-hydrogen) atoms. The number of amides is 2. The Morgan fingerprint density at radius 3 is 2.20 bits per heavy atom. The highest BCUT2D eigenvalue weighted by molar-refractivity contribution is 5.97. The van der Waals surface area contributed by atoms with Gasteiger partial charge < -0.3 is 15.0 Å². The maximum atomic E-state index is 13.6. The maximum Gasteiger partial charge on any atom is 0.246 e. The van der Waals surface area contributed by atoms with Crippen LogP contribution < -0.4 is 10.1 Å². The third-order valence-electron chi connectivity index (χ3n) is 6.48. The SMILES string of the molecule is COc1ccc(C)cc1NC(=O)C(c1ccccc1)N1CCN(C(=O)Cc2ccc(C)cc2)CC1. The average Bonchev–Trinajstić information content (AvgIpc) is 2.87. The van der Waals surface area contributed by atoms with Crippen molar-refractivity contribution in [2.45, 2.75) is 26.3 Å². The summed E-state index contributed by atoms with van der Waals surface area (Å²) < 4.78 is 5.46. The minimum Gasteiger partial charge on any atom is -0.495 e. The lowest BCUT2D eigenvalue weighted by atomic mass is 10.0. The molecule has 0 bridgehead atoms. The van der Waals surface area contributed by atoms with E-state index in [1.165, 1.54) is 5.56 Å². The molecule has 6 nitrogen and oxygen atoms in total. The first-order chi connectivity index (χ1) is 16.9. The van der Waals surface area contributed by atoms with Crippen LogP contribution in [0.3, 0.4) is 0 Å². The smallest absolute Gasteiger partial charge is 0.246 e. The lowest BCUT2D eigenvalue weighted by molar-refractivity contribution is -0.133. The molecule has 1 fully saturated rings. The van der Waals surface area contributed by atoms with Gasteiger partial charge in [-0.3, -0.25) is 14.5 Å². The number of nitrogens with zero attached hydrogens (tertiary/aromatic N) is 2. The van der Waals surface area contributed by atoms with E-state index in [-0.39, 0.29) is 11.8 Å². The topological polar surface area (TPSA) is 61.9 Å². The van der Waals surface area contributed by atoms with Crippen LogP contribution in [0.1, 0.15) is 28.3 Å². The summed E-state index contributed by atoms with van der Waals surface area (Å²) in [5.74, 6) is 0.639. The van der Waals surface area contributed by atoms with Crippen molar-refractivity contribution < 1.29 is 14.3 Å². The summed E-state index contributed by atoms with van der Waals surface area (Å²) in [6.07, 6.45) is 0.399. The predicted octanol–water partition coefficient (Wildman–Crippen LogP) is 4.38. The lowest BCUT2D eigenvalue weighted by Crippen LogP contribution is -2.52. The summed E-state index contributed by atoms with van der Waals surface area (Å²) in [5.41, 5.74) is 4.83. The molecule has 1 aliphatic heterocycles. The van der Waals surface area contributed by atoms with Crippen molar-refractivity contribution in [2.24, 2.45) is 0 Å². The summed E-state index contributed by atoms with van der Waals surface area (Å²) >= 11 is 0. The van der Waals surface area contributed by atoms with Crippen LogP contribution in [0.25, 0.3) is 0 Å². The van der Waals surface area contributed by atoms with Gasteiger partial charge in [-0.15, -0.1) is 0 Å². The molecule has 2 amide bonds. The fourth-order valence-corrected chi connectivity index (χ4v) is 4.51. The zero-order valence-corrected chi connectivity index (χ0v) is 20.7. The van der Waals surface area contributed by atoms with Crippen molar-refractivity contribution >= 4 is 17.5 Å². The number of methoxy groups -OCH3 is 1. The number of aryl methyl sites for hydroxylation is 2. The van der Waals surface area contributed by atoms with Gasteiger partial charge in [0.15, 0.2) is 0 Å². The van der Waals surface area contributed by atoms with E-state index >= 15 is 0 Å². The number of hydrogen-bond donors (Lipinski definition) is 1. The maximum absolute atomic E-state index is 13.6. The fraction of sp³-hybridized carbons (Fsp3) is 0.310. The number of carbonyl (C=O) groups excluding carboxylic acids is 2. The average molecular weight is 472 g/mol. The molecule has 182 valence electrons. The first-order valence-electron chi connectivity index (χ1n) is 12.0. The summed E-state index contributed by atoms with van der Waals surface area (Å²) in [5, 5.41) is 3.08. The zero-order chi connectivity index (χ0) is 24.8. The number of hydrogen-bond acceptors (Lipinski definition) is 4. The molecule has 0 aliphatic carbocycles. The molecule has 1 N–H and O–H groups in total. The highest BCUT2D eigenvalue weighted by Crippen LogP contribution is 2.29. The largest absolute Gasteiger partial charge is 0.495 e. The second-order valence-corrected chi connectivity index (χ2v) is 9.09. The normalized spacial score (nSPS) is 14.9. The summed E-state index contributed by atoms with van der Waals surface area (Å²) in [6.45, 7) is 6.45. The molecule has 1 heterocycles. The van der Waals surface area contributed by atoms with Crippen LogP contribution >= 0.6 is 0 Å². The van der Waals surface area contributed by atoms with E-state index in [4.69, 9.17) is 4.74 Å². The van der Waals surface area contributed by atoms with Crippen molar-refractivity contribution in [3.05, 3.63) is 95.1 Å². The second kappa shape index (κ2) is 11.2. The van der Waals surface area contributed by atoms with E-state index in [2.05, 4.69) is 10.2 Å². The Hall–Kier alpha value is -3.64. The first-order valence-corrected chi connectivity index (χ1v) is 12.0. The monoisotopic (exact) mass is 471 g/mol. The molecule has 6 heteroatoms. The van der Waals surface area contributed by atoms with E-state index in [1.54, 1.807) is 7.11 Å². The Morgan fingerprint density at radius 1 is 0.886 bits per heavy atom. The van der Waals surface area contributed by atoms with Gasteiger partial charge in [-0.2, -0.15) is 0 Å². The van der Waals surface area contributed by atoms with Gasteiger partial charge in [0.05, 0.1) is 19.2 Å². The van der Waals surface area contributed by atoms with Crippen molar-refractivity contribution in [1.82, 2.24) is 9.80 Å². The van der Waals surface area contributed by atoms with Crippen molar-refractivity contribution in [1.29, 1.82) is 0 Å². The van der Waals surface area contributed by atoms with Gasteiger partial charge in [0, 0.05) is 26.2 Å². The van der Waals surface area contributed by atoms with Gasteiger partial charge in [0.25, 0.3) is 0 Å². The Kier molecular flexibility index (Phi) is 7.83. The minimum absolute atomic E-state index is 0.112. The minimum atomic E-state index is -0.462. The summed E-state index contributed by atoms with van der Waals surface area (Å²) in [4.78, 5) is 30.5. The van der Waals surface area contributed by atoms with Crippen molar-refractivity contribution in [3.63, 3.8) is 0 Å². The van der Waals surface area contributed by atoms with Crippen LogP contribution in [-0.2, 0) is 16.0 Å². The lowest BCUT2D eigenvalue weighted by Gasteiger charge is -2.39. The molecule has 3 aromatic carbocycles. The highest BCUT2D eigenvalue weighted by atomic mass is 16.5. The zero-order valence-electron chi connectivity index (χ0n) is 20.7. The molecule has 1 atom stereocenters. The van der Waals surface area contributed by atoms with Gasteiger partial charge in [-0.25, -0.2) is 0 Å². The third kappa shape index (κ3) is 6.08. The Labute approximate surface area is 207 Å². The van der Waals surface area contributed by atoms with Crippen LogP contribution in [0, 0.1) is 13.8 Å². The number of benzene rings is 3. The molecular formula is C29H33N3O3. The Morgan fingerprint density at radius 2 is 1.54 bits per heavy atom. The van der Waals surface area contributed by atoms with Crippen LogP contribution in [0.2, 0.25) is 0 Å².